The Morgan fingerprint density at radius 1 is 1.12 bits per heavy atom. The summed E-state index contributed by atoms with van der Waals surface area (Å²) in [6, 6.07) is 12.4. The van der Waals surface area contributed by atoms with Gasteiger partial charge in [0.25, 0.3) is 0 Å². The molecule has 0 saturated carbocycles. The van der Waals surface area contributed by atoms with E-state index in [0.29, 0.717) is 49.8 Å². The second-order valence-electron chi connectivity index (χ2n) is 7.60. The van der Waals surface area contributed by atoms with Crippen LogP contribution in [0.5, 0.6) is 11.5 Å². The van der Waals surface area contributed by atoms with Crippen LogP contribution in [0.2, 0.25) is 0 Å². The molecule has 0 unspecified atom stereocenters. The van der Waals surface area contributed by atoms with E-state index in [1.165, 1.54) is 11.1 Å². The van der Waals surface area contributed by atoms with Gasteiger partial charge in [-0.05, 0) is 48.1 Å². The first-order chi connectivity index (χ1) is 15.1. The molecular formula is C23H28ClN3O4S. The SMILES string of the molecule is CSCC[C@H](NC(=O)[C@@H]1Cc2ccccc2CN1)C(=O)Nc1ccc2c(c1)OCCO2.Cl. The molecule has 2 amide bonds. The predicted molar refractivity (Wildman–Crippen MR) is 129 cm³/mol. The van der Waals surface area contributed by atoms with E-state index < -0.39 is 6.04 Å². The number of ether oxygens (including phenoxy) is 2. The molecule has 0 aliphatic carbocycles. The lowest BCUT2D eigenvalue weighted by atomic mass is 9.95. The minimum absolute atomic E-state index is 0. The van der Waals surface area contributed by atoms with Crippen LogP contribution in [0.3, 0.4) is 0 Å². The number of halogens is 1. The van der Waals surface area contributed by atoms with Gasteiger partial charge in [-0.2, -0.15) is 11.8 Å². The van der Waals surface area contributed by atoms with E-state index in [9.17, 15) is 9.59 Å². The Morgan fingerprint density at radius 2 is 1.88 bits per heavy atom. The highest BCUT2D eigenvalue weighted by Gasteiger charge is 2.28. The third-order valence-corrected chi connectivity index (χ3v) is 6.10. The summed E-state index contributed by atoms with van der Waals surface area (Å²) in [5.74, 6) is 1.65. The van der Waals surface area contributed by atoms with E-state index in [1.54, 1.807) is 30.0 Å². The maximum atomic E-state index is 13.0. The first kappa shape index (κ1) is 24.2. The predicted octanol–water partition coefficient (Wildman–Crippen LogP) is 2.77. The van der Waals surface area contributed by atoms with E-state index in [0.717, 1.165) is 5.75 Å². The largest absolute Gasteiger partial charge is 0.486 e. The summed E-state index contributed by atoms with van der Waals surface area (Å²) in [6.07, 6.45) is 3.14. The minimum atomic E-state index is -0.618. The molecule has 9 heteroatoms. The van der Waals surface area contributed by atoms with Crippen molar-refractivity contribution in [3.8, 4) is 11.5 Å². The maximum absolute atomic E-state index is 13.0. The molecule has 172 valence electrons. The van der Waals surface area contributed by atoms with Crippen LogP contribution in [0.15, 0.2) is 42.5 Å². The van der Waals surface area contributed by atoms with Gasteiger partial charge in [0, 0.05) is 18.3 Å². The number of amides is 2. The van der Waals surface area contributed by atoms with Gasteiger partial charge in [-0.1, -0.05) is 24.3 Å². The van der Waals surface area contributed by atoms with Gasteiger partial charge in [0.2, 0.25) is 11.8 Å². The highest BCUT2D eigenvalue weighted by atomic mass is 35.5. The fourth-order valence-electron chi connectivity index (χ4n) is 3.77. The van der Waals surface area contributed by atoms with Crippen molar-refractivity contribution >= 4 is 41.7 Å². The molecule has 2 aromatic rings. The van der Waals surface area contributed by atoms with Crippen molar-refractivity contribution in [2.24, 2.45) is 0 Å². The van der Waals surface area contributed by atoms with Crippen molar-refractivity contribution in [1.29, 1.82) is 0 Å². The Balaban J connectivity index is 0.00000289. The van der Waals surface area contributed by atoms with Crippen molar-refractivity contribution < 1.29 is 19.1 Å². The molecule has 0 aromatic heterocycles. The first-order valence-corrected chi connectivity index (χ1v) is 11.8. The third kappa shape index (κ3) is 5.88. The van der Waals surface area contributed by atoms with E-state index >= 15 is 0 Å². The zero-order valence-electron chi connectivity index (χ0n) is 17.9. The van der Waals surface area contributed by atoms with Crippen LogP contribution < -0.4 is 25.4 Å². The standard InChI is InChI=1S/C23H27N3O4S.ClH/c1-31-11-8-18(22(27)25-17-6-7-20-21(13-17)30-10-9-29-20)26-23(28)19-12-15-4-2-3-5-16(15)14-24-19;/h2-7,13,18-19,24H,8-12,14H2,1H3,(H,25,27)(H,26,28);1H/t18-,19-;/m0./s1. The molecule has 2 aliphatic heterocycles. The summed E-state index contributed by atoms with van der Waals surface area (Å²) in [7, 11) is 0. The van der Waals surface area contributed by atoms with Crippen molar-refractivity contribution in [3.05, 3.63) is 53.6 Å². The highest BCUT2D eigenvalue weighted by molar-refractivity contribution is 7.98. The molecule has 7 nitrogen and oxygen atoms in total. The van der Waals surface area contributed by atoms with Crippen molar-refractivity contribution in [2.45, 2.75) is 31.5 Å². The van der Waals surface area contributed by atoms with E-state index in [1.807, 2.05) is 18.4 Å². The second kappa shape index (κ2) is 11.4. The average molecular weight is 478 g/mol. The maximum Gasteiger partial charge on any atom is 0.246 e. The Hall–Kier alpha value is -2.42. The lowest BCUT2D eigenvalue weighted by Gasteiger charge is -2.27. The van der Waals surface area contributed by atoms with Gasteiger partial charge in [0.05, 0.1) is 6.04 Å². The Labute approximate surface area is 198 Å². The van der Waals surface area contributed by atoms with Crippen LogP contribution in [0.1, 0.15) is 17.5 Å². The Kier molecular flexibility index (Phi) is 8.67. The quantitative estimate of drug-likeness (QED) is 0.568. The van der Waals surface area contributed by atoms with Gasteiger partial charge in [-0.25, -0.2) is 0 Å². The topological polar surface area (TPSA) is 88.7 Å². The van der Waals surface area contributed by atoms with Crippen molar-refractivity contribution in [1.82, 2.24) is 10.6 Å². The summed E-state index contributed by atoms with van der Waals surface area (Å²) >= 11 is 1.64. The van der Waals surface area contributed by atoms with Gasteiger partial charge in [0.1, 0.15) is 19.3 Å². The van der Waals surface area contributed by atoms with Crippen molar-refractivity contribution in [3.63, 3.8) is 0 Å². The Morgan fingerprint density at radius 3 is 2.66 bits per heavy atom. The van der Waals surface area contributed by atoms with Crippen LogP contribution in [0.4, 0.5) is 5.69 Å². The van der Waals surface area contributed by atoms with Crippen molar-refractivity contribution in [2.75, 3.05) is 30.5 Å². The normalized spacial score (nSPS) is 17.3. The van der Waals surface area contributed by atoms with Crippen LogP contribution in [0, 0.1) is 0 Å². The molecule has 0 saturated heterocycles. The van der Waals surface area contributed by atoms with Crippen LogP contribution in [-0.2, 0) is 22.6 Å². The number of rotatable bonds is 7. The fraction of sp³-hybridized carbons (Fsp3) is 0.391. The zero-order valence-corrected chi connectivity index (χ0v) is 19.5. The van der Waals surface area contributed by atoms with Gasteiger partial charge < -0.3 is 25.4 Å². The molecule has 2 heterocycles. The molecule has 4 rings (SSSR count). The van der Waals surface area contributed by atoms with E-state index in [4.69, 9.17) is 9.47 Å². The van der Waals surface area contributed by atoms with Crippen LogP contribution in [-0.4, -0.2) is 49.1 Å². The molecule has 0 fully saturated rings. The summed E-state index contributed by atoms with van der Waals surface area (Å²) in [5.41, 5.74) is 2.99. The smallest absolute Gasteiger partial charge is 0.246 e. The molecule has 0 bridgehead atoms. The number of nitrogens with one attached hydrogen (secondary N) is 3. The zero-order chi connectivity index (χ0) is 21.6. The summed E-state index contributed by atoms with van der Waals surface area (Å²) in [5, 5.41) is 9.14. The number of hydrogen-bond acceptors (Lipinski definition) is 6. The van der Waals surface area contributed by atoms with Crippen LogP contribution in [0.25, 0.3) is 0 Å². The highest BCUT2D eigenvalue weighted by Crippen LogP contribution is 2.32. The molecule has 0 radical (unpaired) electrons. The van der Waals surface area contributed by atoms with Gasteiger partial charge in [-0.15, -0.1) is 12.4 Å². The van der Waals surface area contributed by atoms with Crippen LogP contribution >= 0.6 is 24.2 Å². The molecule has 3 N–H and O–H groups in total. The molecule has 0 spiro atoms. The van der Waals surface area contributed by atoms with E-state index in [2.05, 4.69) is 28.1 Å². The van der Waals surface area contributed by atoms with Gasteiger partial charge in [0.15, 0.2) is 11.5 Å². The summed E-state index contributed by atoms with van der Waals surface area (Å²) < 4.78 is 11.1. The third-order valence-electron chi connectivity index (χ3n) is 5.45. The number of benzene rings is 2. The lowest BCUT2D eigenvalue weighted by molar-refractivity contribution is -0.128. The Bertz CT molecular complexity index is 959. The number of carbonyl (C=O) groups excluding carboxylic acids is 2. The number of thioether (sulfide) groups is 1. The fourth-order valence-corrected chi connectivity index (χ4v) is 4.24. The second-order valence-corrected chi connectivity index (χ2v) is 8.58. The number of hydrogen-bond donors (Lipinski definition) is 3. The number of fused-ring (bicyclic) bond motifs is 2. The van der Waals surface area contributed by atoms with Gasteiger partial charge in [-0.3, -0.25) is 9.59 Å². The molecular weight excluding hydrogens is 450 g/mol. The first-order valence-electron chi connectivity index (χ1n) is 10.4. The summed E-state index contributed by atoms with van der Waals surface area (Å²) in [4.78, 5) is 25.9. The molecule has 2 aliphatic rings. The molecule has 2 aromatic carbocycles. The number of carbonyl (C=O) groups is 2. The monoisotopic (exact) mass is 477 g/mol. The average Bonchev–Trinajstić information content (AvgIpc) is 2.81. The van der Waals surface area contributed by atoms with Gasteiger partial charge >= 0.3 is 0 Å². The lowest BCUT2D eigenvalue weighted by Crippen LogP contribution is -2.53. The minimum Gasteiger partial charge on any atom is -0.486 e. The summed E-state index contributed by atoms with van der Waals surface area (Å²) in [6.45, 7) is 1.64. The van der Waals surface area contributed by atoms with E-state index in [-0.39, 0.29) is 30.3 Å². The number of anilines is 1. The molecule has 32 heavy (non-hydrogen) atoms. The molecule has 2 atom stereocenters.